The van der Waals surface area contributed by atoms with E-state index in [4.69, 9.17) is 9.84 Å². The van der Waals surface area contributed by atoms with Gasteiger partial charge >= 0.3 is 5.97 Å². The summed E-state index contributed by atoms with van der Waals surface area (Å²) in [7, 11) is 0. The summed E-state index contributed by atoms with van der Waals surface area (Å²) in [6.07, 6.45) is 6.70. The first kappa shape index (κ1) is 15.8. The summed E-state index contributed by atoms with van der Waals surface area (Å²) < 4.78 is 5.59. The molecule has 0 saturated heterocycles. The fourth-order valence-corrected chi connectivity index (χ4v) is 3.02. The van der Waals surface area contributed by atoms with E-state index in [0.717, 1.165) is 12.5 Å². The van der Waals surface area contributed by atoms with Gasteiger partial charge in [0.25, 0.3) is 0 Å². The van der Waals surface area contributed by atoms with Gasteiger partial charge in [-0.25, -0.2) is 4.79 Å². The summed E-state index contributed by atoms with van der Waals surface area (Å²) in [5, 5.41) is 12.6. The molecule has 0 amide bonds. The number of aromatic carboxylic acids is 1. The minimum absolute atomic E-state index is 0.220. The molecule has 0 radical (unpaired) electrons. The molecule has 1 unspecified atom stereocenters. The highest BCUT2D eigenvalue weighted by Gasteiger charge is 2.19. The molecule has 116 valence electrons. The Hall–Kier alpha value is -1.55. The van der Waals surface area contributed by atoms with Gasteiger partial charge in [0, 0.05) is 12.6 Å². The molecule has 1 aromatic rings. The molecule has 0 aliphatic heterocycles. The molecule has 1 aliphatic carbocycles. The first-order valence-electron chi connectivity index (χ1n) is 7.87. The van der Waals surface area contributed by atoms with Crippen LogP contribution in [0.3, 0.4) is 0 Å². The van der Waals surface area contributed by atoms with Crippen LogP contribution in [-0.4, -0.2) is 30.3 Å². The van der Waals surface area contributed by atoms with Gasteiger partial charge in [0.1, 0.15) is 17.9 Å². The molecule has 2 rings (SSSR count). The van der Waals surface area contributed by atoms with E-state index in [2.05, 4.69) is 12.2 Å². The van der Waals surface area contributed by atoms with Crippen molar-refractivity contribution in [1.29, 1.82) is 0 Å². The molecule has 1 saturated carbocycles. The number of para-hydroxylation sites is 1. The second-order valence-corrected chi connectivity index (χ2v) is 5.79. The average molecular weight is 291 g/mol. The Morgan fingerprint density at radius 1 is 1.33 bits per heavy atom. The Bertz CT molecular complexity index is 455. The van der Waals surface area contributed by atoms with E-state index < -0.39 is 5.97 Å². The zero-order chi connectivity index (χ0) is 15.1. The maximum atomic E-state index is 11.1. The molecule has 1 atom stereocenters. The van der Waals surface area contributed by atoms with Gasteiger partial charge in [-0.2, -0.15) is 0 Å². The molecule has 21 heavy (non-hydrogen) atoms. The van der Waals surface area contributed by atoms with Crippen molar-refractivity contribution < 1.29 is 14.6 Å². The lowest BCUT2D eigenvalue weighted by atomic mass is 9.84. The Balaban J connectivity index is 1.73. The topological polar surface area (TPSA) is 58.6 Å². The first-order valence-corrected chi connectivity index (χ1v) is 7.87. The van der Waals surface area contributed by atoms with Crippen molar-refractivity contribution in [3.63, 3.8) is 0 Å². The van der Waals surface area contributed by atoms with Crippen LogP contribution in [0.2, 0.25) is 0 Å². The van der Waals surface area contributed by atoms with E-state index >= 15 is 0 Å². The van der Waals surface area contributed by atoms with Crippen LogP contribution in [-0.2, 0) is 0 Å². The van der Waals surface area contributed by atoms with Crippen molar-refractivity contribution >= 4 is 5.97 Å². The Morgan fingerprint density at radius 3 is 2.76 bits per heavy atom. The molecule has 2 N–H and O–H groups in total. The average Bonchev–Trinajstić information content (AvgIpc) is 2.52. The van der Waals surface area contributed by atoms with Crippen LogP contribution >= 0.6 is 0 Å². The molecule has 4 nitrogen and oxygen atoms in total. The van der Waals surface area contributed by atoms with Crippen molar-refractivity contribution in [2.75, 3.05) is 13.2 Å². The third-order valence-electron chi connectivity index (χ3n) is 4.30. The maximum absolute atomic E-state index is 11.1. The molecule has 4 heteroatoms. The van der Waals surface area contributed by atoms with E-state index in [1.54, 1.807) is 24.3 Å². The SMILES string of the molecule is CC(NCCOc1ccccc1C(=O)O)C1CCCCC1. The lowest BCUT2D eigenvalue weighted by molar-refractivity contribution is 0.0692. The monoisotopic (exact) mass is 291 g/mol. The third kappa shape index (κ3) is 4.74. The minimum Gasteiger partial charge on any atom is -0.491 e. The van der Waals surface area contributed by atoms with E-state index in [9.17, 15) is 4.79 Å². The number of carboxylic acid groups (broad SMARTS) is 1. The molecule has 0 spiro atoms. The number of hydrogen-bond acceptors (Lipinski definition) is 3. The van der Waals surface area contributed by atoms with Crippen LogP contribution in [0.4, 0.5) is 0 Å². The summed E-state index contributed by atoms with van der Waals surface area (Å²) >= 11 is 0. The highest BCUT2D eigenvalue weighted by atomic mass is 16.5. The number of carbonyl (C=O) groups is 1. The summed E-state index contributed by atoms with van der Waals surface area (Å²) in [6.45, 7) is 3.47. The van der Waals surface area contributed by atoms with Crippen molar-refractivity contribution in [2.45, 2.75) is 45.1 Å². The van der Waals surface area contributed by atoms with Crippen molar-refractivity contribution in [2.24, 2.45) is 5.92 Å². The van der Waals surface area contributed by atoms with Gasteiger partial charge in [0.2, 0.25) is 0 Å². The summed E-state index contributed by atoms with van der Waals surface area (Å²) in [4.78, 5) is 11.1. The number of nitrogens with one attached hydrogen (secondary N) is 1. The predicted molar refractivity (Wildman–Crippen MR) is 82.9 cm³/mol. The molecular weight excluding hydrogens is 266 g/mol. The largest absolute Gasteiger partial charge is 0.491 e. The zero-order valence-electron chi connectivity index (χ0n) is 12.7. The van der Waals surface area contributed by atoms with Gasteiger partial charge in [-0.3, -0.25) is 0 Å². The smallest absolute Gasteiger partial charge is 0.339 e. The number of carboxylic acids is 1. The predicted octanol–water partition coefficient (Wildman–Crippen LogP) is 3.32. The van der Waals surface area contributed by atoms with Gasteiger partial charge in [-0.1, -0.05) is 31.4 Å². The van der Waals surface area contributed by atoms with Gasteiger partial charge in [-0.15, -0.1) is 0 Å². The van der Waals surface area contributed by atoms with Crippen molar-refractivity contribution in [3.05, 3.63) is 29.8 Å². The lowest BCUT2D eigenvalue weighted by Crippen LogP contribution is -2.37. The standard InChI is InChI=1S/C17H25NO3/c1-13(14-7-3-2-4-8-14)18-11-12-21-16-10-6-5-9-15(16)17(19)20/h5-6,9-10,13-14,18H,2-4,7-8,11-12H2,1H3,(H,19,20). The highest BCUT2D eigenvalue weighted by Crippen LogP contribution is 2.26. The van der Waals surface area contributed by atoms with Crippen LogP contribution in [0.15, 0.2) is 24.3 Å². The molecule has 0 aromatic heterocycles. The first-order chi connectivity index (χ1) is 10.2. The quantitative estimate of drug-likeness (QED) is 0.757. The number of benzene rings is 1. The van der Waals surface area contributed by atoms with Gasteiger partial charge < -0.3 is 15.2 Å². The second kappa shape index (κ2) is 8.03. The molecule has 1 aromatic carbocycles. The summed E-state index contributed by atoms with van der Waals surface area (Å²) in [5.74, 6) is 0.260. The van der Waals surface area contributed by atoms with Crippen LogP contribution in [0, 0.1) is 5.92 Å². The second-order valence-electron chi connectivity index (χ2n) is 5.79. The van der Waals surface area contributed by atoms with Crippen molar-refractivity contribution in [3.8, 4) is 5.75 Å². The number of ether oxygens (including phenoxy) is 1. The van der Waals surface area contributed by atoms with E-state index in [-0.39, 0.29) is 5.56 Å². The van der Waals surface area contributed by atoms with E-state index in [1.807, 2.05) is 0 Å². The van der Waals surface area contributed by atoms with Crippen molar-refractivity contribution in [1.82, 2.24) is 5.32 Å². The van der Waals surface area contributed by atoms with Gasteiger partial charge in [0.05, 0.1) is 0 Å². The summed E-state index contributed by atoms with van der Waals surface area (Å²) in [5.41, 5.74) is 0.220. The molecule has 0 bridgehead atoms. The van der Waals surface area contributed by atoms with E-state index in [0.29, 0.717) is 18.4 Å². The molecule has 0 heterocycles. The Labute approximate surface area is 126 Å². The zero-order valence-corrected chi connectivity index (χ0v) is 12.7. The fourth-order valence-electron chi connectivity index (χ4n) is 3.02. The number of hydrogen-bond donors (Lipinski definition) is 2. The Kier molecular flexibility index (Phi) is 6.05. The highest BCUT2D eigenvalue weighted by molar-refractivity contribution is 5.90. The lowest BCUT2D eigenvalue weighted by Gasteiger charge is -2.28. The van der Waals surface area contributed by atoms with E-state index in [1.165, 1.54) is 32.1 Å². The fraction of sp³-hybridized carbons (Fsp3) is 0.588. The third-order valence-corrected chi connectivity index (χ3v) is 4.30. The number of rotatable bonds is 7. The maximum Gasteiger partial charge on any atom is 0.339 e. The van der Waals surface area contributed by atoms with Crippen LogP contribution in [0.1, 0.15) is 49.4 Å². The normalized spacial score (nSPS) is 17.4. The summed E-state index contributed by atoms with van der Waals surface area (Å²) in [6, 6.07) is 7.27. The Morgan fingerprint density at radius 2 is 2.05 bits per heavy atom. The molecule has 1 aliphatic rings. The molecular formula is C17H25NO3. The van der Waals surface area contributed by atoms with Crippen LogP contribution in [0.5, 0.6) is 5.75 Å². The van der Waals surface area contributed by atoms with Gasteiger partial charge in [0.15, 0.2) is 0 Å². The molecule has 1 fully saturated rings. The van der Waals surface area contributed by atoms with Crippen LogP contribution < -0.4 is 10.1 Å². The minimum atomic E-state index is -0.950. The van der Waals surface area contributed by atoms with Gasteiger partial charge in [-0.05, 0) is 37.8 Å². The van der Waals surface area contributed by atoms with Crippen LogP contribution in [0.25, 0.3) is 0 Å².